The zero-order valence-electron chi connectivity index (χ0n) is 13.2. The first kappa shape index (κ1) is 15.9. The van der Waals surface area contributed by atoms with Crippen LogP contribution in [0.4, 0.5) is 0 Å². The van der Waals surface area contributed by atoms with Gasteiger partial charge in [-0.2, -0.15) is 0 Å². The smallest absolute Gasteiger partial charge is 0.0947 e. The molecule has 1 fully saturated rings. The van der Waals surface area contributed by atoms with Crippen molar-refractivity contribution in [3.63, 3.8) is 0 Å². The van der Waals surface area contributed by atoms with Gasteiger partial charge in [0.05, 0.1) is 16.3 Å². The van der Waals surface area contributed by atoms with Gasteiger partial charge in [-0.15, -0.1) is 11.3 Å². The van der Waals surface area contributed by atoms with Crippen molar-refractivity contribution in [3.8, 4) is 0 Å². The van der Waals surface area contributed by atoms with Crippen molar-refractivity contribution in [3.05, 3.63) is 15.6 Å². The van der Waals surface area contributed by atoms with E-state index in [0.717, 1.165) is 42.5 Å². The summed E-state index contributed by atoms with van der Waals surface area (Å²) in [6.07, 6.45) is 5.47. The van der Waals surface area contributed by atoms with Crippen LogP contribution in [-0.4, -0.2) is 23.2 Å². The Balaban J connectivity index is 2.08. The van der Waals surface area contributed by atoms with Crippen molar-refractivity contribution in [1.29, 1.82) is 0 Å². The maximum absolute atomic E-state index is 6.55. The summed E-state index contributed by atoms with van der Waals surface area (Å²) >= 11 is 1.78. The molecule has 1 aromatic heterocycles. The minimum Gasteiger partial charge on any atom is -0.374 e. The molecule has 1 saturated carbocycles. The van der Waals surface area contributed by atoms with E-state index >= 15 is 0 Å². The van der Waals surface area contributed by atoms with E-state index in [1.165, 1.54) is 17.7 Å². The maximum atomic E-state index is 6.55. The van der Waals surface area contributed by atoms with Crippen LogP contribution in [0.15, 0.2) is 0 Å². The minimum absolute atomic E-state index is 0.0555. The van der Waals surface area contributed by atoms with Gasteiger partial charge in [-0.3, -0.25) is 0 Å². The number of rotatable bonds is 5. The van der Waals surface area contributed by atoms with E-state index in [2.05, 4.69) is 32.7 Å². The summed E-state index contributed by atoms with van der Waals surface area (Å²) in [7, 11) is 0. The van der Waals surface area contributed by atoms with Crippen molar-refractivity contribution in [2.75, 3.05) is 6.61 Å². The van der Waals surface area contributed by atoms with Crippen molar-refractivity contribution < 1.29 is 4.74 Å². The van der Waals surface area contributed by atoms with Gasteiger partial charge in [-0.1, -0.05) is 6.92 Å². The number of hydrogen-bond donors (Lipinski definition) is 1. The maximum Gasteiger partial charge on any atom is 0.0947 e. The first-order chi connectivity index (χ1) is 9.47. The van der Waals surface area contributed by atoms with E-state index in [0.29, 0.717) is 0 Å². The average molecular weight is 296 g/mol. The second kappa shape index (κ2) is 6.54. The van der Waals surface area contributed by atoms with Gasteiger partial charge >= 0.3 is 0 Å². The summed E-state index contributed by atoms with van der Waals surface area (Å²) in [4.78, 5) is 5.94. The molecular formula is C16H28N2OS. The summed E-state index contributed by atoms with van der Waals surface area (Å²) in [6.45, 7) is 9.35. The van der Waals surface area contributed by atoms with Gasteiger partial charge in [0.15, 0.2) is 0 Å². The molecule has 1 unspecified atom stereocenters. The van der Waals surface area contributed by atoms with Crippen molar-refractivity contribution in [1.82, 2.24) is 4.98 Å². The van der Waals surface area contributed by atoms with Crippen molar-refractivity contribution in [2.24, 2.45) is 11.7 Å². The fraction of sp³-hybridized carbons (Fsp3) is 0.812. The van der Waals surface area contributed by atoms with Crippen LogP contribution in [0.2, 0.25) is 0 Å². The van der Waals surface area contributed by atoms with Crippen LogP contribution in [0.25, 0.3) is 0 Å². The first-order valence-corrected chi connectivity index (χ1v) is 8.61. The normalized spacial score (nSPS) is 28.6. The molecule has 0 aliphatic heterocycles. The molecule has 0 bridgehead atoms. The van der Waals surface area contributed by atoms with Crippen LogP contribution in [0.5, 0.6) is 0 Å². The largest absolute Gasteiger partial charge is 0.374 e. The fourth-order valence-corrected chi connectivity index (χ4v) is 4.15. The van der Waals surface area contributed by atoms with Gasteiger partial charge in [0.1, 0.15) is 0 Å². The van der Waals surface area contributed by atoms with Crippen LogP contribution < -0.4 is 5.73 Å². The molecule has 2 N–H and O–H groups in total. The third kappa shape index (κ3) is 3.41. The lowest BCUT2D eigenvalue weighted by Crippen LogP contribution is -2.53. The number of aromatic nitrogens is 1. The van der Waals surface area contributed by atoms with Gasteiger partial charge in [0.2, 0.25) is 0 Å². The third-order valence-corrected chi connectivity index (χ3v) is 5.79. The molecule has 1 heterocycles. The zero-order valence-corrected chi connectivity index (χ0v) is 14.1. The summed E-state index contributed by atoms with van der Waals surface area (Å²) in [5.41, 5.74) is 7.56. The molecule has 20 heavy (non-hydrogen) atoms. The zero-order chi connectivity index (χ0) is 14.8. The Labute approximate surface area is 126 Å². The Morgan fingerprint density at radius 1 is 1.40 bits per heavy atom. The molecule has 1 aromatic rings. The molecule has 2 rings (SSSR count). The van der Waals surface area contributed by atoms with Gasteiger partial charge in [0, 0.05) is 23.9 Å². The standard InChI is InChI=1S/C16H28N2OS/c1-5-19-16(8-6-11(2)7-9-16)14(17)10-15-18-12(3)13(4)20-15/h11,14H,5-10,17H2,1-4H3. The molecule has 0 amide bonds. The van der Waals surface area contributed by atoms with Crippen LogP contribution in [0.1, 0.15) is 55.1 Å². The lowest BCUT2D eigenvalue weighted by Gasteiger charge is -2.43. The second-order valence-corrected chi connectivity index (χ2v) is 7.53. The average Bonchev–Trinajstić information content (AvgIpc) is 2.71. The monoisotopic (exact) mass is 296 g/mol. The van der Waals surface area contributed by atoms with Crippen LogP contribution in [0.3, 0.4) is 0 Å². The SMILES string of the molecule is CCOC1(C(N)Cc2nc(C)c(C)s2)CCC(C)CC1. The lowest BCUT2D eigenvalue weighted by molar-refractivity contribution is -0.0883. The Bertz CT molecular complexity index is 416. The summed E-state index contributed by atoms with van der Waals surface area (Å²) < 4.78 is 6.14. The predicted molar refractivity (Wildman–Crippen MR) is 85.3 cm³/mol. The number of nitrogens with zero attached hydrogens (tertiary/aromatic N) is 1. The molecular weight excluding hydrogens is 268 g/mol. The molecule has 0 radical (unpaired) electrons. The number of hydrogen-bond acceptors (Lipinski definition) is 4. The highest BCUT2D eigenvalue weighted by Crippen LogP contribution is 2.38. The van der Waals surface area contributed by atoms with Gasteiger partial charge in [0.25, 0.3) is 0 Å². The second-order valence-electron chi connectivity index (χ2n) is 6.24. The lowest BCUT2D eigenvalue weighted by atomic mass is 9.74. The topological polar surface area (TPSA) is 48.1 Å². The molecule has 114 valence electrons. The van der Waals surface area contributed by atoms with Crippen LogP contribution in [0, 0.1) is 19.8 Å². The van der Waals surface area contributed by atoms with Gasteiger partial charge in [-0.05, 0) is 52.4 Å². The predicted octanol–water partition coefficient (Wildman–Crippen LogP) is 3.62. The first-order valence-electron chi connectivity index (χ1n) is 7.79. The van der Waals surface area contributed by atoms with E-state index < -0.39 is 0 Å². The van der Waals surface area contributed by atoms with E-state index in [1.807, 2.05) is 0 Å². The van der Waals surface area contributed by atoms with E-state index in [-0.39, 0.29) is 11.6 Å². The Kier molecular flexibility index (Phi) is 5.21. The van der Waals surface area contributed by atoms with E-state index in [4.69, 9.17) is 10.5 Å². The van der Waals surface area contributed by atoms with Gasteiger partial charge < -0.3 is 10.5 Å². The number of thiazole rings is 1. The fourth-order valence-electron chi connectivity index (χ4n) is 3.16. The van der Waals surface area contributed by atoms with Crippen molar-refractivity contribution >= 4 is 11.3 Å². The summed E-state index contributed by atoms with van der Waals surface area (Å²) in [6, 6.07) is 0.0555. The Hall–Kier alpha value is -0.450. The van der Waals surface area contributed by atoms with E-state index in [1.54, 1.807) is 11.3 Å². The number of nitrogens with two attached hydrogens (primary N) is 1. The molecule has 0 saturated heterocycles. The molecule has 3 nitrogen and oxygen atoms in total. The van der Waals surface area contributed by atoms with Crippen LogP contribution in [-0.2, 0) is 11.2 Å². The third-order valence-electron chi connectivity index (χ3n) is 4.70. The quantitative estimate of drug-likeness (QED) is 0.903. The van der Waals surface area contributed by atoms with E-state index in [9.17, 15) is 0 Å². The Morgan fingerprint density at radius 3 is 2.55 bits per heavy atom. The Morgan fingerprint density at radius 2 is 2.05 bits per heavy atom. The molecule has 0 spiro atoms. The van der Waals surface area contributed by atoms with Gasteiger partial charge in [-0.25, -0.2) is 4.98 Å². The van der Waals surface area contributed by atoms with Crippen LogP contribution >= 0.6 is 11.3 Å². The minimum atomic E-state index is -0.130. The molecule has 1 aliphatic carbocycles. The summed E-state index contributed by atoms with van der Waals surface area (Å²) in [5.74, 6) is 0.806. The highest BCUT2D eigenvalue weighted by molar-refractivity contribution is 7.11. The summed E-state index contributed by atoms with van der Waals surface area (Å²) in [5, 5.41) is 1.16. The number of ether oxygens (including phenoxy) is 1. The van der Waals surface area contributed by atoms with Crippen molar-refractivity contribution in [2.45, 2.75) is 71.4 Å². The highest BCUT2D eigenvalue weighted by Gasteiger charge is 2.40. The molecule has 0 aromatic carbocycles. The highest BCUT2D eigenvalue weighted by atomic mass is 32.1. The number of aryl methyl sites for hydroxylation is 2. The molecule has 1 aliphatic rings. The molecule has 1 atom stereocenters. The molecule has 4 heteroatoms.